The summed E-state index contributed by atoms with van der Waals surface area (Å²) in [7, 11) is 1.57. The van der Waals surface area contributed by atoms with Gasteiger partial charge in [-0.25, -0.2) is 0 Å². The van der Waals surface area contributed by atoms with Crippen molar-refractivity contribution in [2.24, 2.45) is 0 Å². The lowest BCUT2D eigenvalue weighted by Gasteiger charge is -2.46. The molecule has 0 radical (unpaired) electrons. The highest BCUT2D eigenvalue weighted by atomic mass is 16.7. The van der Waals surface area contributed by atoms with Gasteiger partial charge in [0.05, 0.1) is 32.0 Å². The normalized spacial score (nSPS) is 27.1. The number of carbonyl (C=O) groups is 3. The summed E-state index contributed by atoms with van der Waals surface area (Å²) in [6.07, 6.45) is -5.27. The van der Waals surface area contributed by atoms with E-state index in [2.05, 4.69) is 0 Å². The van der Waals surface area contributed by atoms with Gasteiger partial charge < -0.3 is 42.6 Å². The number of esters is 3. The Labute approximate surface area is 310 Å². The number of benzene rings is 3. The smallest absolute Gasteiger partial charge is 0.303 e. The Morgan fingerprint density at radius 1 is 0.585 bits per heavy atom. The summed E-state index contributed by atoms with van der Waals surface area (Å²) in [5, 5.41) is 0. The first-order valence-electron chi connectivity index (χ1n) is 18.0. The van der Waals surface area contributed by atoms with Crippen LogP contribution in [0.2, 0.25) is 0 Å². The van der Waals surface area contributed by atoms with Crippen LogP contribution in [-0.4, -0.2) is 86.7 Å². The van der Waals surface area contributed by atoms with Gasteiger partial charge in [-0.1, -0.05) is 91.0 Å². The highest BCUT2D eigenvalue weighted by Gasteiger charge is 2.49. The molecule has 53 heavy (non-hydrogen) atoms. The van der Waals surface area contributed by atoms with E-state index >= 15 is 0 Å². The Morgan fingerprint density at radius 2 is 1.09 bits per heavy atom. The monoisotopic (exact) mass is 734 g/mol. The van der Waals surface area contributed by atoms with Crippen LogP contribution in [-0.2, 0) is 76.8 Å². The Balaban J connectivity index is 1.41. The number of hydrogen-bond donors (Lipinski definition) is 0. The van der Waals surface area contributed by atoms with E-state index in [1.807, 2.05) is 91.0 Å². The molecular weight excluding hydrogens is 684 g/mol. The molecule has 0 aliphatic carbocycles. The second-order valence-electron chi connectivity index (χ2n) is 13.2. The SMILES string of the molecule is CO[C@H]1O[C@H](CC[C@@H]2C[C@@H](OC(C)=O)[C@H](OC(C)=O)[C@@H](COC(C)=O)O2)[C@@H](OCc2ccccc2)[C@H](OCc2ccccc2)[C@H]1OCc1ccccc1. The lowest BCUT2D eigenvalue weighted by Crippen LogP contribution is -2.60. The Kier molecular flexibility index (Phi) is 15.4. The van der Waals surface area contributed by atoms with Gasteiger partial charge in [0.2, 0.25) is 0 Å². The molecule has 12 heteroatoms. The van der Waals surface area contributed by atoms with E-state index in [1.165, 1.54) is 20.8 Å². The largest absolute Gasteiger partial charge is 0.463 e. The highest BCUT2D eigenvalue weighted by molar-refractivity contribution is 5.67. The number of carbonyl (C=O) groups excluding carboxylic acids is 3. The molecular formula is C41H50O12. The van der Waals surface area contributed by atoms with E-state index in [-0.39, 0.29) is 13.0 Å². The standard InChI is InChI=1S/C41H50O12/c1-27(42)46-26-36-37(51-29(3)44)35(50-28(2)43)22-33(52-36)20-21-34-38(47-23-30-14-8-5-9-15-30)39(48-24-31-16-10-6-11-17-31)40(41(45-4)53-34)49-25-32-18-12-7-13-19-32/h5-19,33-41H,20-26H2,1-4H3/t33-,34-,35-,36-,37+,38-,39+,40-,41+/m1/s1. The van der Waals surface area contributed by atoms with Crippen molar-refractivity contribution in [1.29, 1.82) is 0 Å². The fourth-order valence-corrected chi connectivity index (χ4v) is 6.72. The molecule has 0 N–H and O–H groups in total. The summed E-state index contributed by atoms with van der Waals surface area (Å²) in [5.74, 6) is -1.63. The zero-order valence-corrected chi connectivity index (χ0v) is 30.7. The molecule has 2 heterocycles. The van der Waals surface area contributed by atoms with E-state index in [0.29, 0.717) is 32.7 Å². The number of rotatable bonds is 17. The van der Waals surface area contributed by atoms with Crippen LogP contribution in [0.1, 0.15) is 56.7 Å². The second kappa shape index (κ2) is 20.3. The van der Waals surface area contributed by atoms with Gasteiger partial charge in [-0.3, -0.25) is 14.4 Å². The third-order valence-corrected chi connectivity index (χ3v) is 9.12. The van der Waals surface area contributed by atoms with Crippen LogP contribution in [0.25, 0.3) is 0 Å². The molecule has 0 bridgehead atoms. The van der Waals surface area contributed by atoms with Gasteiger partial charge in [0.15, 0.2) is 12.4 Å². The van der Waals surface area contributed by atoms with Crippen molar-refractivity contribution in [3.05, 3.63) is 108 Å². The van der Waals surface area contributed by atoms with Crippen LogP contribution < -0.4 is 0 Å². The minimum Gasteiger partial charge on any atom is -0.463 e. The molecule has 9 atom stereocenters. The van der Waals surface area contributed by atoms with Gasteiger partial charge in [0, 0.05) is 34.3 Å². The van der Waals surface area contributed by atoms with E-state index in [0.717, 1.165) is 16.7 Å². The minimum absolute atomic E-state index is 0.189. The van der Waals surface area contributed by atoms with Gasteiger partial charge in [-0.15, -0.1) is 0 Å². The maximum atomic E-state index is 12.1. The molecule has 2 saturated heterocycles. The molecule has 286 valence electrons. The summed E-state index contributed by atoms with van der Waals surface area (Å²) in [6.45, 7) is 4.54. The molecule has 0 saturated carbocycles. The quantitative estimate of drug-likeness (QED) is 0.129. The molecule has 12 nitrogen and oxygen atoms in total. The predicted molar refractivity (Wildman–Crippen MR) is 191 cm³/mol. The lowest BCUT2D eigenvalue weighted by molar-refractivity contribution is -0.319. The first-order chi connectivity index (χ1) is 25.7. The topological polar surface area (TPSA) is 134 Å². The molecule has 5 rings (SSSR count). The van der Waals surface area contributed by atoms with Gasteiger partial charge in [-0.2, -0.15) is 0 Å². The van der Waals surface area contributed by atoms with Gasteiger partial charge in [-0.05, 0) is 29.5 Å². The average molecular weight is 735 g/mol. The van der Waals surface area contributed by atoms with Crippen LogP contribution in [0.5, 0.6) is 0 Å². The van der Waals surface area contributed by atoms with Crippen molar-refractivity contribution in [3.63, 3.8) is 0 Å². The minimum atomic E-state index is -0.962. The lowest BCUT2D eigenvalue weighted by atomic mass is 9.90. The molecule has 0 aromatic heterocycles. The van der Waals surface area contributed by atoms with Crippen molar-refractivity contribution in [3.8, 4) is 0 Å². The molecule has 2 aliphatic rings. The van der Waals surface area contributed by atoms with Gasteiger partial charge >= 0.3 is 17.9 Å². The Bertz CT molecular complexity index is 1550. The molecule has 2 fully saturated rings. The molecule has 0 amide bonds. The molecule has 2 aliphatic heterocycles. The summed E-state index contributed by atoms with van der Waals surface area (Å²) in [5.41, 5.74) is 2.95. The number of hydrogen-bond acceptors (Lipinski definition) is 12. The third kappa shape index (κ3) is 12.2. The fourth-order valence-electron chi connectivity index (χ4n) is 6.72. The first kappa shape index (κ1) is 40.0. The van der Waals surface area contributed by atoms with Crippen molar-refractivity contribution >= 4 is 17.9 Å². The summed E-state index contributed by atoms with van der Waals surface area (Å²) >= 11 is 0. The summed E-state index contributed by atoms with van der Waals surface area (Å²) in [6, 6.07) is 29.6. The van der Waals surface area contributed by atoms with E-state index in [4.69, 9.17) is 42.6 Å². The summed E-state index contributed by atoms with van der Waals surface area (Å²) < 4.78 is 55.3. The Morgan fingerprint density at radius 3 is 1.58 bits per heavy atom. The molecule has 3 aromatic carbocycles. The zero-order chi connectivity index (χ0) is 37.6. The predicted octanol–water partition coefficient (Wildman–Crippen LogP) is 5.48. The zero-order valence-electron chi connectivity index (χ0n) is 30.7. The van der Waals surface area contributed by atoms with Gasteiger partial charge in [0.1, 0.15) is 37.1 Å². The van der Waals surface area contributed by atoms with Crippen molar-refractivity contribution in [2.75, 3.05) is 13.7 Å². The second-order valence-corrected chi connectivity index (χ2v) is 13.2. The van der Waals surface area contributed by atoms with Crippen LogP contribution in [0, 0.1) is 0 Å². The highest BCUT2D eigenvalue weighted by Crippen LogP contribution is 2.35. The van der Waals surface area contributed by atoms with Crippen molar-refractivity contribution in [1.82, 2.24) is 0 Å². The molecule has 0 unspecified atom stereocenters. The third-order valence-electron chi connectivity index (χ3n) is 9.12. The molecule has 0 spiro atoms. The fraction of sp³-hybridized carbons (Fsp3) is 0.488. The van der Waals surface area contributed by atoms with Crippen LogP contribution in [0.15, 0.2) is 91.0 Å². The van der Waals surface area contributed by atoms with Crippen molar-refractivity contribution < 1.29 is 57.0 Å². The maximum Gasteiger partial charge on any atom is 0.303 e. The van der Waals surface area contributed by atoms with Crippen LogP contribution in [0.4, 0.5) is 0 Å². The van der Waals surface area contributed by atoms with Crippen molar-refractivity contribution in [2.45, 2.75) is 115 Å². The van der Waals surface area contributed by atoms with Crippen LogP contribution >= 0.6 is 0 Å². The van der Waals surface area contributed by atoms with E-state index < -0.39 is 73.0 Å². The molecule has 3 aromatic rings. The number of ether oxygens (including phenoxy) is 9. The van der Waals surface area contributed by atoms with Crippen LogP contribution in [0.3, 0.4) is 0 Å². The number of methoxy groups -OCH3 is 1. The average Bonchev–Trinajstić information content (AvgIpc) is 3.15. The van der Waals surface area contributed by atoms with Gasteiger partial charge in [0.25, 0.3) is 0 Å². The first-order valence-corrected chi connectivity index (χ1v) is 18.0. The summed E-state index contributed by atoms with van der Waals surface area (Å²) in [4.78, 5) is 35.9. The maximum absolute atomic E-state index is 12.1. The van der Waals surface area contributed by atoms with E-state index in [1.54, 1.807) is 7.11 Å². The Hall–Kier alpha value is -4.17. The van der Waals surface area contributed by atoms with E-state index in [9.17, 15) is 14.4 Å².